The molecule has 0 fully saturated rings. The molecule has 64 valence electrons. The first-order valence-electron chi connectivity index (χ1n) is 4.10. The van der Waals surface area contributed by atoms with E-state index in [0.717, 1.165) is 12.8 Å². The van der Waals surface area contributed by atoms with Gasteiger partial charge in [0.15, 0.2) is 0 Å². The number of hydrogen-bond donors (Lipinski definition) is 0. The summed E-state index contributed by atoms with van der Waals surface area (Å²) in [6, 6.07) is 0. The van der Waals surface area contributed by atoms with Crippen LogP contribution in [0.1, 0.15) is 33.6 Å². The van der Waals surface area contributed by atoms with Crippen molar-refractivity contribution in [2.24, 2.45) is 0 Å². The molecule has 0 aliphatic heterocycles. The molecule has 0 saturated heterocycles. The molecule has 0 aliphatic rings. The maximum Gasteiger partial charge on any atom is -0.0164 e. The van der Waals surface area contributed by atoms with Gasteiger partial charge in [0.1, 0.15) is 0 Å². The van der Waals surface area contributed by atoms with Crippen LogP contribution in [0, 0.1) is 0 Å². The Labute approximate surface area is 72.0 Å². The van der Waals surface area contributed by atoms with Gasteiger partial charge in [-0.05, 0) is 41.4 Å². The molecule has 0 unspecified atom stereocenters. The lowest BCUT2D eigenvalue weighted by Gasteiger charge is -1.88. The van der Waals surface area contributed by atoms with E-state index in [1.54, 1.807) is 0 Å². The number of allylic oxidation sites excluding steroid dienone is 1. The van der Waals surface area contributed by atoms with Gasteiger partial charge >= 0.3 is 0 Å². The molecular weight excluding hydrogens is 152 g/mol. The van der Waals surface area contributed by atoms with E-state index in [1.165, 1.54) is 5.57 Å². The molecule has 0 atom stereocenters. The number of hydrogen-bond acceptors (Lipinski definition) is 0. The molecule has 0 heterocycles. The minimum Gasteiger partial charge on any atom is -0.205 e. The zero-order chi connectivity index (χ0) is 8.69. The Morgan fingerprint density at radius 1 is 1.45 bits per heavy atom. The van der Waals surface area contributed by atoms with Crippen molar-refractivity contribution in [3.63, 3.8) is 0 Å². The Balaban J connectivity index is 4.65. The zero-order valence-electron chi connectivity index (χ0n) is 7.76. The molecule has 0 radical (unpaired) electrons. The van der Waals surface area contributed by atoms with Gasteiger partial charge in [-0.15, -0.1) is 0 Å². The van der Waals surface area contributed by atoms with Crippen LogP contribution in [0.15, 0.2) is 12.2 Å². The fourth-order valence-corrected chi connectivity index (χ4v) is 2.04. The summed E-state index contributed by atoms with van der Waals surface area (Å²) in [6.07, 6.45) is 2.20. The fourth-order valence-electron chi connectivity index (χ4n) is 0.681. The van der Waals surface area contributed by atoms with Gasteiger partial charge in [0, 0.05) is 0 Å². The molecule has 0 bridgehead atoms. The van der Waals surface area contributed by atoms with E-state index in [0.29, 0.717) is 0 Å². The largest absolute Gasteiger partial charge is 0.205 e. The molecule has 11 heavy (non-hydrogen) atoms. The van der Waals surface area contributed by atoms with E-state index in [4.69, 9.17) is 0 Å². The van der Waals surface area contributed by atoms with Crippen LogP contribution in [-0.2, 0) is 0 Å². The molecule has 0 amide bonds. The molecule has 0 spiro atoms. The molecule has 0 rings (SSSR count). The van der Waals surface area contributed by atoms with Gasteiger partial charge in [-0.2, -0.15) is 0 Å². The van der Waals surface area contributed by atoms with Crippen molar-refractivity contribution >= 4 is 25.8 Å². The second-order valence-corrected chi connectivity index (χ2v) is 4.21. The molecule has 0 aromatic carbocycles. The van der Waals surface area contributed by atoms with Crippen LogP contribution in [0.5, 0.6) is 0 Å². The highest BCUT2D eigenvalue weighted by Crippen LogP contribution is 1.95. The average Bonchev–Trinajstić information content (AvgIpc) is 2.03. The maximum absolute atomic E-state index is 3.95. The second-order valence-electron chi connectivity index (χ2n) is 2.35. The van der Waals surface area contributed by atoms with Crippen LogP contribution >= 0.6 is 9.66 Å². The van der Waals surface area contributed by atoms with E-state index in [1.807, 2.05) is 0 Å². The molecule has 0 nitrogen and oxygen atoms in total. The van der Waals surface area contributed by atoms with Gasteiger partial charge in [0.2, 0.25) is 0 Å². The lowest BCUT2D eigenvalue weighted by atomic mass is 10.3. The lowest BCUT2D eigenvalue weighted by Crippen LogP contribution is -1.76. The summed E-state index contributed by atoms with van der Waals surface area (Å²) in [5, 5.41) is 6.80. The molecule has 0 saturated carbocycles. The van der Waals surface area contributed by atoms with Gasteiger partial charge < -0.3 is 0 Å². The second kappa shape index (κ2) is 6.29. The van der Waals surface area contributed by atoms with E-state index in [9.17, 15) is 0 Å². The molecule has 0 aromatic rings. The molecule has 0 N–H and O–H groups in total. The Morgan fingerprint density at radius 2 is 2.09 bits per heavy atom. The summed E-state index contributed by atoms with van der Waals surface area (Å²) in [5.74, 6) is 0. The highest BCUT2D eigenvalue weighted by atomic mass is 32.1. The van der Waals surface area contributed by atoms with Crippen LogP contribution < -0.4 is 0 Å². The van der Waals surface area contributed by atoms with E-state index in [-0.39, 0.29) is 9.66 Å². The van der Waals surface area contributed by atoms with Crippen LogP contribution in [0.2, 0.25) is 0 Å². The first kappa shape index (κ1) is 10.6. The van der Waals surface area contributed by atoms with Gasteiger partial charge in [0.05, 0.1) is 0 Å². The van der Waals surface area contributed by atoms with E-state index < -0.39 is 0 Å². The Bertz CT molecular complexity index is 253. The topological polar surface area (TPSA) is 0 Å². The van der Waals surface area contributed by atoms with Crippen molar-refractivity contribution in [3.05, 3.63) is 12.2 Å². The van der Waals surface area contributed by atoms with Crippen LogP contribution in [-0.4, -0.2) is 16.1 Å². The minimum atomic E-state index is 0.264. The van der Waals surface area contributed by atoms with E-state index >= 15 is 0 Å². The van der Waals surface area contributed by atoms with Crippen molar-refractivity contribution in [3.8, 4) is 0 Å². The quantitative estimate of drug-likeness (QED) is 0.451. The molecular formula is C10H18S. The summed E-state index contributed by atoms with van der Waals surface area (Å²) in [5.41, 5.74) is 1.25. The monoisotopic (exact) mass is 170 g/mol. The fraction of sp³-hybridized carbons (Fsp3) is 0.500. The summed E-state index contributed by atoms with van der Waals surface area (Å²) in [6.45, 7) is 10.4. The third-order valence-corrected chi connectivity index (χ3v) is 3.26. The van der Waals surface area contributed by atoms with E-state index in [2.05, 4.69) is 43.5 Å². The SMILES string of the molecule is C=C(C=S(=CC)=CCC)CC. The molecule has 0 aliphatic carbocycles. The predicted octanol–water partition coefficient (Wildman–Crippen LogP) is 3.06. The molecule has 0 aromatic heterocycles. The van der Waals surface area contributed by atoms with Crippen molar-refractivity contribution in [2.75, 3.05) is 0 Å². The minimum absolute atomic E-state index is 0.264. The Morgan fingerprint density at radius 3 is 2.45 bits per heavy atom. The summed E-state index contributed by atoms with van der Waals surface area (Å²) in [4.78, 5) is 0. The van der Waals surface area contributed by atoms with Gasteiger partial charge in [-0.25, -0.2) is 9.66 Å². The zero-order valence-corrected chi connectivity index (χ0v) is 8.58. The third kappa shape index (κ3) is 4.91. The smallest absolute Gasteiger partial charge is 0.0164 e. The predicted molar refractivity (Wildman–Crippen MR) is 61.2 cm³/mol. The summed E-state index contributed by atoms with van der Waals surface area (Å²) < 4.78 is 0. The number of rotatable bonds is 3. The van der Waals surface area contributed by atoms with Crippen LogP contribution in [0.25, 0.3) is 0 Å². The first-order valence-corrected chi connectivity index (χ1v) is 5.52. The van der Waals surface area contributed by atoms with Gasteiger partial charge in [-0.3, -0.25) is 0 Å². The van der Waals surface area contributed by atoms with Crippen LogP contribution in [0.4, 0.5) is 0 Å². The summed E-state index contributed by atoms with van der Waals surface area (Å²) >= 11 is 0. The summed E-state index contributed by atoms with van der Waals surface area (Å²) in [7, 11) is 0.264. The highest BCUT2D eigenvalue weighted by molar-refractivity contribution is 8.11. The first-order chi connectivity index (χ1) is 5.24. The molecule has 1 heteroatoms. The Hall–Kier alpha value is -0.430. The van der Waals surface area contributed by atoms with Crippen molar-refractivity contribution in [2.45, 2.75) is 33.6 Å². The standard InChI is InChI=1S/C10H18S/c1-5-8-11(7-3)9-10(4)6-2/h7-9H,4-6H2,1-3H3. The maximum atomic E-state index is 3.95. The van der Waals surface area contributed by atoms with Crippen LogP contribution in [0.3, 0.4) is 0 Å². The normalized spacial score (nSPS) is 8.64. The van der Waals surface area contributed by atoms with Gasteiger partial charge in [0.25, 0.3) is 0 Å². The van der Waals surface area contributed by atoms with Crippen molar-refractivity contribution in [1.82, 2.24) is 0 Å². The van der Waals surface area contributed by atoms with Gasteiger partial charge in [-0.1, -0.05) is 20.4 Å². The average molecular weight is 170 g/mol. The Kier molecular flexibility index (Phi) is 6.05. The van der Waals surface area contributed by atoms with Crippen molar-refractivity contribution in [1.29, 1.82) is 0 Å². The van der Waals surface area contributed by atoms with Crippen molar-refractivity contribution < 1.29 is 0 Å². The highest BCUT2D eigenvalue weighted by Gasteiger charge is 1.78. The lowest BCUT2D eigenvalue weighted by molar-refractivity contribution is 1.19. The third-order valence-electron chi connectivity index (χ3n) is 1.39.